The molecule has 0 fully saturated rings. The summed E-state index contributed by atoms with van der Waals surface area (Å²) >= 11 is 0. The number of aromatic nitrogens is 1. The zero-order chi connectivity index (χ0) is 8.97. The molecule has 4 heteroatoms. The number of pyridine rings is 1. The fourth-order valence-corrected chi connectivity index (χ4v) is 0.882. The van der Waals surface area contributed by atoms with Crippen molar-refractivity contribution in [3.8, 4) is 0 Å². The van der Waals surface area contributed by atoms with E-state index in [0.717, 1.165) is 6.20 Å². The summed E-state index contributed by atoms with van der Waals surface area (Å²) in [5, 5.41) is 12.2. The SMILES string of the molecule is CNCC(O)c1ccc(F)cn1. The van der Waals surface area contributed by atoms with E-state index in [-0.39, 0.29) is 0 Å². The zero-order valence-electron chi connectivity index (χ0n) is 6.79. The van der Waals surface area contributed by atoms with Gasteiger partial charge in [-0.3, -0.25) is 4.98 Å². The lowest BCUT2D eigenvalue weighted by atomic mass is 10.2. The highest BCUT2D eigenvalue weighted by Gasteiger charge is 2.06. The van der Waals surface area contributed by atoms with Gasteiger partial charge in [0.1, 0.15) is 11.9 Å². The van der Waals surface area contributed by atoms with Gasteiger partial charge in [0.2, 0.25) is 0 Å². The minimum absolute atomic E-state index is 0.393. The third kappa shape index (κ3) is 2.25. The molecule has 1 heterocycles. The lowest BCUT2D eigenvalue weighted by Gasteiger charge is -2.07. The van der Waals surface area contributed by atoms with Crippen LogP contribution in [0.1, 0.15) is 11.8 Å². The summed E-state index contributed by atoms with van der Waals surface area (Å²) in [5.41, 5.74) is 0.478. The third-order valence-corrected chi connectivity index (χ3v) is 1.49. The van der Waals surface area contributed by atoms with E-state index in [9.17, 15) is 9.50 Å². The van der Waals surface area contributed by atoms with E-state index in [4.69, 9.17) is 0 Å². The van der Waals surface area contributed by atoms with Crippen LogP contribution in [0.15, 0.2) is 18.3 Å². The quantitative estimate of drug-likeness (QED) is 0.693. The normalized spacial score (nSPS) is 12.9. The lowest BCUT2D eigenvalue weighted by molar-refractivity contribution is 0.173. The van der Waals surface area contributed by atoms with Crippen molar-refractivity contribution in [3.63, 3.8) is 0 Å². The highest BCUT2D eigenvalue weighted by atomic mass is 19.1. The van der Waals surface area contributed by atoms with Gasteiger partial charge in [-0.15, -0.1) is 0 Å². The number of aliphatic hydroxyl groups is 1. The molecule has 0 aliphatic heterocycles. The summed E-state index contributed by atoms with van der Waals surface area (Å²) < 4.78 is 12.4. The Labute approximate surface area is 70.3 Å². The highest BCUT2D eigenvalue weighted by molar-refractivity contribution is 5.08. The van der Waals surface area contributed by atoms with Crippen LogP contribution < -0.4 is 5.32 Å². The summed E-state index contributed by atoms with van der Waals surface area (Å²) in [7, 11) is 1.73. The molecule has 1 aromatic heterocycles. The van der Waals surface area contributed by atoms with Crippen LogP contribution in [-0.2, 0) is 0 Å². The molecule has 1 unspecified atom stereocenters. The molecule has 0 aliphatic carbocycles. The number of nitrogens with zero attached hydrogens (tertiary/aromatic N) is 1. The predicted molar refractivity (Wildman–Crippen MR) is 43.1 cm³/mol. The Kier molecular flexibility index (Phi) is 3.13. The van der Waals surface area contributed by atoms with Crippen molar-refractivity contribution in [1.82, 2.24) is 10.3 Å². The van der Waals surface area contributed by atoms with Crippen LogP contribution in [0.4, 0.5) is 4.39 Å². The van der Waals surface area contributed by atoms with Gasteiger partial charge in [-0.2, -0.15) is 0 Å². The second-order valence-electron chi connectivity index (χ2n) is 2.47. The highest BCUT2D eigenvalue weighted by Crippen LogP contribution is 2.08. The van der Waals surface area contributed by atoms with Gasteiger partial charge in [-0.1, -0.05) is 0 Å². The van der Waals surface area contributed by atoms with Crippen molar-refractivity contribution < 1.29 is 9.50 Å². The van der Waals surface area contributed by atoms with Gasteiger partial charge in [0.25, 0.3) is 0 Å². The summed E-state index contributed by atoms with van der Waals surface area (Å²) in [5.74, 6) is -0.393. The first kappa shape index (κ1) is 9.09. The van der Waals surface area contributed by atoms with Crippen LogP contribution >= 0.6 is 0 Å². The molecule has 0 aliphatic rings. The molecule has 1 atom stereocenters. The summed E-state index contributed by atoms with van der Waals surface area (Å²) in [6.45, 7) is 0.415. The largest absolute Gasteiger partial charge is 0.385 e. The molecule has 1 aromatic rings. The van der Waals surface area contributed by atoms with Crippen molar-refractivity contribution >= 4 is 0 Å². The van der Waals surface area contributed by atoms with Crippen LogP contribution in [-0.4, -0.2) is 23.7 Å². The first-order valence-electron chi connectivity index (χ1n) is 3.68. The molecule has 2 N–H and O–H groups in total. The molecule has 0 spiro atoms. The van der Waals surface area contributed by atoms with Crippen molar-refractivity contribution in [2.75, 3.05) is 13.6 Å². The Balaban J connectivity index is 2.68. The number of likely N-dealkylation sites (N-methyl/N-ethyl adjacent to an activating group) is 1. The van der Waals surface area contributed by atoms with Crippen molar-refractivity contribution in [1.29, 1.82) is 0 Å². The second kappa shape index (κ2) is 4.13. The van der Waals surface area contributed by atoms with Gasteiger partial charge in [-0.05, 0) is 19.2 Å². The standard InChI is InChI=1S/C8H11FN2O/c1-10-5-8(12)7-3-2-6(9)4-11-7/h2-4,8,10,12H,5H2,1H3. The number of rotatable bonds is 3. The fourth-order valence-electron chi connectivity index (χ4n) is 0.882. The third-order valence-electron chi connectivity index (χ3n) is 1.49. The topological polar surface area (TPSA) is 45.1 Å². The van der Waals surface area contributed by atoms with Gasteiger partial charge in [0, 0.05) is 6.54 Å². The maximum Gasteiger partial charge on any atom is 0.141 e. The Morgan fingerprint density at radius 2 is 2.42 bits per heavy atom. The number of aliphatic hydroxyl groups excluding tert-OH is 1. The molecule has 12 heavy (non-hydrogen) atoms. The predicted octanol–water partition coefficient (Wildman–Crippen LogP) is 0.474. The first-order valence-corrected chi connectivity index (χ1v) is 3.68. The van der Waals surface area contributed by atoms with Crippen LogP contribution in [0.3, 0.4) is 0 Å². The van der Waals surface area contributed by atoms with Crippen molar-refractivity contribution in [3.05, 3.63) is 29.8 Å². The van der Waals surface area contributed by atoms with E-state index in [2.05, 4.69) is 10.3 Å². The van der Waals surface area contributed by atoms with Crippen LogP contribution in [0.25, 0.3) is 0 Å². The lowest BCUT2D eigenvalue weighted by Crippen LogP contribution is -2.17. The monoisotopic (exact) mass is 170 g/mol. The van der Waals surface area contributed by atoms with Gasteiger partial charge in [0.05, 0.1) is 11.9 Å². The van der Waals surface area contributed by atoms with Crippen molar-refractivity contribution in [2.45, 2.75) is 6.10 Å². The van der Waals surface area contributed by atoms with Gasteiger partial charge in [0.15, 0.2) is 0 Å². The molecule has 66 valence electrons. The number of hydrogen-bond acceptors (Lipinski definition) is 3. The molecule has 0 saturated heterocycles. The molecular formula is C8H11FN2O. The first-order chi connectivity index (χ1) is 5.74. The van der Waals surface area contributed by atoms with E-state index in [1.54, 1.807) is 7.05 Å². The second-order valence-corrected chi connectivity index (χ2v) is 2.47. The molecule has 0 bridgehead atoms. The average Bonchev–Trinajstić information content (AvgIpc) is 2.06. The van der Waals surface area contributed by atoms with E-state index in [0.29, 0.717) is 12.2 Å². The average molecular weight is 170 g/mol. The smallest absolute Gasteiger partial charge is 0.141 e. The maximum atomic E-state index is 12.4. The minimum atomic E-state index is -0.671. The van der Waals surface area contributed by atoms with Crippen LogP contribution in [0, 0.1) is 5.82 Å². The van der Waals surface area contributed by atoms with E-state index in [1.807, 2.05) is 0 Å². The molecule has 1 rings (SSSR count). The minimum Gasteiger partial charge on any atom is -0.385 e. The molecule has 3 nitrogen and oxygen atoms in total. The Morgan fingerprint density at radius 3 is 2.92 bits per heavy atom. The number of hydrogen-bond donors (Lipinski definition) is 2. The summed E-state index contributed by atoms with van der Waals surface area (Å²) in [4.78, 5) is 3.73. The van der Waals surface area contributed by atoms with E-state index < -0.39 is 11.9 Å². The number of nitrogens with one attached hydrogen (secondary N) is 1. The zero-order valence-corrected chi connectivity index (χ0v) is 6.79. The van der Waals surface area contributed by atoms with Crippen LogP contribution in [0.2, 0.25) is 0 Å². The Morgan fingerprint density at radius 1 is 1.67 bits per heavy atom. The molecule has 0 amide bonds. The maximum absolute atomic E-state index is 12.4. The van der Waals surface area contributed by atoms with E-state index >= 15 is 0 Å². The Hall–Kier alpha value is -1.00. The Bertz CT molecular complexity index is 237. The van der Waals surface area contributed by atoms with E-state index in [1.165, 1.54) is 12.1 Å². The van der Waals surface area contributed by atoms with Crippen LogP contribution in [0.5, 0.6) is 0 Å². The molecule has 0 radical (unpaired) electrons. The molecule has 0 aromatic carbocycles. The molecule has 0 saturated carbocycles. The summed E-state index contributed by atoms with van der Waals surface area (Å²) in [6, 6.07) is 2.75. The number of halogens is 1. The van der Waals surface area contributed by atoms with Crippen molar-refractivity contribution in [2.24, 2.45) is 0 Å². The van der Waals surface area contributed by atoms with Gasteiger partial charge < -0.3 is 10.4 Å². The fraction of sp³-hybridized carbons (Fsp3) is 0.375. The molecular weight excluding hydrogens is 159 g/mol. The summed E-state index contributed by atoms with van der Waals surface area (Å²) in [6.07, 6.45) is 0.421. The van der Waals surface area contributed by atoms with Gasteiger partial charge >= 0.3 is 0 Å². The van der Waals surface area contributed by atoms with Gasteiger partial charge in [-0.25, -0.2) is 4.39 Å².